The molecule has 1 rings (SSSR count). The second-order valence-corrected chi connectivity index (χ2v) is 3.00. The summed E-state index contributed by atoms with van der Waals surface area (Å²) in [6.07, 6.45) is 6.20. The van der Waals surface area contributed by atoms with E-state index >= 15 is 0 Å². The van der Waals surface area contributed by atoms with Crippen molar-refractivity contribution >= 4 is 0 Å². The van der Waals surface area contributed by atoms with Gasteiger partial charge in [0.05, 0.1) is 0 Å². The van der Waals surface area contributed by atoms with Crippen LogP contribution in [-0.4, -0.2) is 0 Å². The van der Waals surface area contributed by atoms with Gasteiger partial charge < -0.3 is 0 Å². The highest BCUT2D eigenvalue weighted by Gasteiger charge is 1.82. The van der Waals surface area contributed by atoms with Crippen molar-refractivity contribution in [2.75, 3.05) is 0 Å². The third-order valence-corrected chi connectivity index (χ3v) is 0.718. The molecule has 0 saturated carbocycles. The van der Waals surface area contributed by atoms with Crippen LogP contribution in [0.4, 0.5) is 0 Å². The maximum Gasteiger partial charge on any atom is -0.0398 e. The highest BCUT2D eigenvalue weighted by Crippen LogP contribution is 2.03. The van der Waals surface area contributed by atoms with Gasteiger partial charge in [-0.2, -0.15) is 0 Å². The average Bonchev–Trinajstić information content (AvgIpc) is 1.59. The zero-order valence-corrected chi connectivity index (χ0v) is 6.81. The Morgan fingerprint density at radius 3 is 1.44 bits per heavy atom. The molecule has 0 aromatic heterocycles. The standard InChI is InChI=1S/C5H6.C4H10/c1-5-3-2-4-5;1-4(2)3/h2-4H,1H3;4H,1-3H3. The molecule has 0 nitrogen and oxygen atoms in total. The molecule has 52 valence electrons. The van der Waals surface area contributed by atoms with Crippen LogP contribution >= 0.6 is 0 Å². The van der Waals surface area contributed by atoms with Crippen molar-refractivity contribution in [2.45, 2.75) is 27.7 Å². The lowest BCUT2D eigenvalue weighted by Crippen LogP contribution is -1.72. The molecule has 0 atom stereocenters. The Morgan fingerprint density at radius 1 is 1.22 bits per heavy atom. The van der Waals surface area contributed by atoms with Gasteiger partial charge in [0.25, 0.3) is 0 Å². The Morgan fingerprint density at radius 2 is 1.44 bits per heavy atom. The summed E-state index contributed by atoms with van der Waals surface area (Å²) in [6, 6.07) is 0. The van der Waals surface area contributed by atoms with Crippen LogP contribution in [0.3, 0.4) is 0 Å². The van der Waals surface area contributed by atoms with E-state index in [4.69, 9.17) is 0 Å². The van der Waals surface area contributed by atoms with Crippen molar-refractivity contribution in [1.29, 1.82) is 0 Å². The number of rotatable bonds is 0. The van der Waals surface area contributed by atoms with Gasteiger partial charge in [-0.25, -0.2) is 0 Å². The number of allylic oxidation sites excluding steroid dienone is 4. The molecule has 9 heavy (non-hydrogen) atoms. The van der Waals surface area contributed by atoms with Crippen LogP contribution in [-0.2, 0) is 0 Å². The molecule has 0 amide bonds. The first-order chi connectivity index (χ1) is 4.13. The minimum absolute atomic E-state index is 0.833. The number of hydrogen-bond acceptors (Lipinski definition) is 0. The minimum Gasteiger partial charge on any atom is -0.0630 e. The lowest BCUT2D eigenvalue weighted by molar-refractivity contribution is 0.737. The van der Waals surface area contributed by atoms with Crippen LogP contribution in [0, 0.1) is 5.92 Å². The van der Waals surface area contributed by atoms with Crippen molar-refractivity contribution in [3.8, 4) is 0 Å². The summed E-state index contributed by atoms with van der Waals surface area (Å²) in [5, 5.41) is 0. The Hall–Kier alpha value is -0.520. The molecule has 0 unspecified atom stereocenters. The molecular formula is C9H16. The molecule has 0 aliphatic heterocycles. The second-order valence-electron chi connectivity index (χ2n) is 3.00. The van der Waals surface area contributed by atoms with Crippen LogP contribution in [0.25, 0.3) is 0 Å². The Bertz CT molecular complexity index is 113. The van der Waals surface area contributed by atoms with E-state index in [1.54, 1.807) is 0 Å². The van der Waals surface area contributed by atoms with E-state index in [0.717, 1.165) is 5.92 Å². The van der Waals surface area contributed by atoms with Gasteiger partial charge >= 0.3 is 0 Å². The normalized spacial score (nSPS) is 13.7. The van der Waals surface area contributed by atoms with Gasteiger partial charge in [0.15, 0.2) is 0 Å². The monoisotopic (exact) mass is 124 g/mol. The molecule has 0 heterocycles. The Kier molecular flexibility index (Phi) is 4.12. The lowest BCUT2D eigenvalue weighted by atomic mass is 10.1. The van der Waals surface area contributed by atoms with E-state index in [1.165, 1.54) is 5.57 Å². The first-order valence-corrected chi connectivity index (χ1v) is 3.48. The zero-order valence-electron chi connectivity index (χ0n) is 6.81. The van der Waals surface area contributed by atoms with Gasteiger partial charge in [-0.1, -0.05) is 44.6 Å². The first kappa shape index (κ1) is 8.48. The van der Waals surface area contributed by atoms with Crippen molar-refractivity contribution in [3.63, 3.8) is 0 Å². The average molecular weight is 124 g/mol. The van der Waals surface area contributed by atoms with E-state index in [1.807, 2.05) is 6.08 Å². The third kappa shape index (κ3) is 7.48. The highest BCUT2D eigenvalue weighted by atomic mass is 13.9. The van der Waals surface area contributed by atoms with Gasteiger partial charge in [0.2, 0.25) is 0 Å². The Balaban J connectivity index is 0.000000148. The fraction of sp³-hybridized carbons (Fsp3) is 0.556. The lowest BCUT2D eigenvalue weighted by Gasteiger charge is -1.92. The van der Waals surface area contributed by atoms with Gasteiger partial charge in [-0.15, -0.1) is 0 Å². The SMILES string of the molecule is CC(C)C.CC1=CC=C1. The summed E-state index contributed by atoms with van der Waals surface area (Å²) in [7, 11) is 0. The van der Waals surface area contributed by atoms with Crippen LogP contribution < -0.4 is 0 Å². The molecule has 0 fully saturated rings. The maximum absolute atomic E-state index is 2.17. The zero-order chi connectivity index (χ0) is 7.28. The van der Waals surface area contributed by atoms with E-state index < -0.39 is 0 Å². The molecule has 0 heteroatoms. The minimum atomic E-state index is 0.833. The Labute approximate surface area is 58.3 Å². The highest BCUT2D eigenvalue weighted by molar-refractivity contribution is 5.32. The molecule has 0 spiro atoms. The van der Waals surface area contributed by atoms with Crippen molar-refractivity contribution in [1.82, 2.24) is 0 Å². The topological polar surface area (TPSA) is 0 Å². The van der Waals surface area contributed by atoms with E-state index in [-0.39, 0.29) is 0 Å². The van der Waals surface area contributed by atoms with Crippen LogP contribution in [0.1, 0.15) is 27.7 Å². The van der Waals surface area contributed by atoms with Crippen LogP contribution in [0.2, 0.25) is 0 Å². The predicted molar refractivity (Wildman–Crippen MR) is 43.4 cm³/mol. The summed E-state index contributed by atoms with van der Waals surface area (Å²) in [5.41, 5.74) is 1.38. The number of hydrogen-bond donors (Lipinski definition) is 0. The van der Waals surface area contributed by atoms with Gasteiger partial charge in [0, 0.05) is 0 Å². The first-order valence-electron chi connectivity index (χ1n) is 3.48. The van der Waals surface area contributed by atoms with Crippen LogP contribution in [0.15, 0.2) is 23.8 Å². The smallest absolute Gasteiger partial charge is 0.0398 e. The van der Waals surface area contributed by atoms with E-state index in [9.17, 15) is 0 Å². The third-order valence-electron chi connectivity index (χ3n) is 0.718. The predicted octanol–water partition coefficient (Wildman–Crippen LogP) is 3.16. The maximum atomic E-state index is 2.17. The summed E-state index contributed by atoms with van der Waals surface area (Å²) in [4.78, 5) is 0. The second kappa shape index (κ2) is 4.37. The van der Waals surface area contributed by atoms with Gasteiger partial charge in [-0.05, 0) is 12.8 Å². The summed E-state index contributed by atoms with van der Waals surface area (Å²) in [5.74, 6) is 0.833. The fourth-order valence-electron chi connectivity index (χ4n) is 0.289. The fourth-order valence-corrected chi connectivity index (χ4v) is 0.289. The molecule has 1 aliphatic carbocycles. The molecule has 0 saturated heterocycles. The van der Waals surface area contributed by atoms with Gasteiger partial charge in [0.1, 0.15) is 0 Å². The molecule has 0 aromatic carbocycles. The summed E-state index contributed by atoms with van der Waals surface area (Å²) in [6.45, 7) is 8.58. The van der Waals surface area contributed by atoms with E-state index in [0.29, 0.717) is 0 Å². The summed E-state index contributed by atoms with van der Waals surface area (Å²) < 4.78 is 0. The van der Waals surface area contributed by atoms with Crippen LogP contribution in [0.5, 0.6) is 0 Å². The quantitative estimate of drug-likeness (QED) is 0.465. The molecule has 0 aromatic rings. The summed E-state index contributed by atoms with van der Waals surface area (Å²) >= 11 is 0. The molecule has 0 bridgehead atoms. The van der Waals surface area contributed by atoms with Gasteiger partial charge in [-0.3, -0.25) is 0 Å². The van der Waals surface area contributed by atoms with Crippen molar-refractivity contribution in [3.05, 3.63) is 23.8 Å². The largest absolute Gasteiger partial charge is 0.0630 e. The molecule has 1 aliphatic rings. The van der Waals surface area contributed by atoms with Crippen molar-refractivity contribution < 1.29 is 0 Å². The molecular weight excluding hydrogens is 108 g/mol. The molecule has 0 radical (unpaired) electrons. The molecule has 0 N–H and O–H groups in total. The van der Waals surface area contributed by atoms with Crippen molar-refractivity contribution in [2.24, 2.45) is 5.92 Å². The van der Waals surface area contributed by atoms with E-state index in [2.05, 4.69) is 39.8 Å².